The van der Waals surface area contributed by atoms with Crippen molar-refractivity contribution in [2.24, 2.45) is 0 Å². The van der Waals surface area contributed by atoms with Crippen LogP contribution in [-0.2, 0) is 11.2 Å². The molecule has 0 bridgehead atoms. The van der Waals surface area contributed by atoms with Crippen molar-refractivity contribution in [3.8, 4) is 0 Å². The Balaban J connectivity index is 1.35. The third-order valence-corrected chi connectivity index (χ3v) is 5.54. The Bertz CT molecular complexity index is 879. The molecule has 1 heterocycles. The summed E-state index contributed by atoms with van der Waals surface area (Å²) < 4.78 is 0. The third kappa shape index (κ3) is 6.91. The molecule has 3 rings (SSSR count). The number of nitrogens with zero attached hydrogens (tertiary/aromatic N) is 4. The summed E-state index contributed by atoms with van der Waals surface area (Å²) in [6, 6.07) is 8.91. The molecule has 1 amide bonds. The largest absolute Gasteiger partial charge is 0.363 e. The van der Waals surface area contributed by atoms with Crippen molar-refractivity contribution in [3.05, 3.63) is 52.2 Å². The third-order valence-electron chi connectivity index (χ3n) is 5.54. The highest BCUT2D eigenvalue weighted by Crippen LogP contribution is 2.22. The second-order valence-electron chi connectivity index (χ2n) is 8.17. The fourth-order valence-electron chi connectivity index (χ4n) is 3.77. The molecule has 31 heavy (non-hydrogen) atoms. The molecular formula is C22H30N6O3. The molecule has 166 valence electrons. The number of hydrogen-bond acceptors (Lipinski definition) is 7. The summed E-state index contributed by atoms with van der Waals surface area (Å²) in [6.45, 7) is 0. The fourth-order valence-corrected chi connectivity index (χ4v) is 3.77. The summed E-state index contributed by atoms with van der Waals surface area (Å²) in [6.07, 6.45) is 7.45. The highest BCUT2D eigenvalue weighted by atomic mass is 16.6. The summed E-state index contributed by atoms with van der Waals surface area (Å²) in [5.74, 6) is 1.58. The van der Waals surface area contributed by atoms with Gasteiger partial charge < -0.3 is 15.5 Å². The number of carbonyl (C=O) groups is 1. The van der Waals surface area contributed by atoms with Crippen molar-refractivity contribution in [1.29, 1.82) is 0 Å². The van der Waals surface area contributed by atoms with E-state index in [1.165, 1.54) is 12.1 Å². The Kier molecular flexibility index (Phi) is 7.75. The molecule has 0 aliphatic heterocycles. The number of non-ortho nitro benzene ring substituents is 1. The lowest BCUT2D eigenvalue weighted by atomic mass is 9.91. The number of benzene rings is 1. The van der Waals surface area contributed by atoms with E-state index in [1.54, 1.807) is 18.3 Å². The molecular weight excluding hydrogens is 396 g/mol. The average molecular weight is 427 g/mol. The summed E-state index contributed by atoms with van der Waals surface area (Å²) in [5.41, 5.74) is 1.09. The van der Waals surface area contributed by atoms with Crippen LogP contribution < -0.4 is 15.5 Å². The zero-order valence-corrected chi connectivity index (χ0v) is 18.1. The molecule has 1 aliphatic carbocycles. The molecule has 1 saturated carbocycles. The molecule has 0 atom stereocenters. The zero-order chi connectivity index (χ0) is 22.2. The first-order chi connectivity index (χ1) is 14.9. The van der Waals surface area contributed by atoms with Gasteiger partial charge in [-0.2, -0.15) is 4.98 Å². The summed E-state index contributed by atoms with van der Waals surface area (Å²) in [4.78, 5) is 33.3. The SMILES string of the molecule is CN(C)c1ccnc(N[C@H]2CC[C@@H](NC(=O)CCCc3ccc([N+](=O)[O-])cc3)CC2)n1. The number of aryl methyl sites for hydroxylation is 1. The molecule has 0 spiro atoms. The Labute approximate surface area is 182 Å². The first-order valence-electron chi connectivity index (χ1n) is 10.7. The monoisotopic (exact) mass is 426 g/mol. The standard InChI is InChI=1S/C22H30N6O3/c1-27(2)20-14-15-23-22(26-20)25-18-10-8-17(9-11-18)24-21(29)5-3-4-16-6-12-19(13-7-16)28(30)31/h6-7,12-15,17-18H,3-5,8-11H2,1-2H3,(H,24,29)(H,23,25,26)/t17-,18+. The van der Waals surface area contributed by atoms with E-state index in [1.807, 2.05) is 25.1 Å². The second-order valence-corrected chi connectivity index (χ2v) is 8.17. The lowest BCUT2D eigenvalue weighted by Gasteiger charge is -2.29. The van der Waals surface area contributed by atoms with Crippen LogP contribution in [0.3, 0.4) is 0 Å². The summed E-state index contributed by atoms with van der Waals surface area (Å²) in [5, 5.41) is 17.2. The van der Waals surface area contributed by atoms with Gasteiger partial charge in [0.25, 0.3) is 5.69 Å². The zero-order valence-electron chi connectivity index (χ0n) is 18.1. The first-order valence-corrected chi connectivity index (χ1v) is 10.7. The fraction of sp³-hybridized carbons (Fsp3) is 0.500. The molecule has 9 nitrogen and oxygen atoms in total. The van der Waals surface area contributed by atoms with Gasteiger partial charge in [-0.3, -0.25) is 14.9 Å². The van der Waals surface area contributed by atoms with Crippen molar-refractivity contribution >= 4 is 23.4 Å². The molecule has 1 fully saturated rings. The van der Waals surface area contributed by atoms with Crippen LogP contribution in [-0.4, -0.2) is 47.0 Å². The number of nitro groups is 1. The van der Waals surface area contributed by atoms with E-state index in [4.69, 9.17) is 0 Å². The summed E-state index contributed by atoms with van der Waals surface area (Å²) >= 11 is 0. The molecule has 0 saturated heterocycles. The number of rotatable bonds is 9. The molecule has 2 aromatic rings. The van der Waals surface area contributed by atoms with Gasteiger partial charge in [0.1, 0.15) is 5.82 Å². The number of carbonyl (C=O) groups excluding carboxylic acids is 1. The topological polar surface area (TPSA) is 113 Å². The highest BCUT2D eigenvalue weighted by Gasteiger charge is 2.23. The molecule has 9 heteroatoms. The minimum absolute atomic E-state index is 0.0698. The van der Waals surface area contributed by atoms with Crippen molar-refractivity contribution < 1.29 is 9.72 Å². The molecule has 1 aromatic heterocycles. The highest BCUT2D eigenvalue weighted by molar-refractivity contribution is 5.76. The van der Waals surface area contributed by atoms with Gasteiger partial charge in [-0.05, 0) is 50.2 Å². The van der Waals surface area contributed by atoms with E-state index >= 15 is 0 Å². The Morgan fingerprint density at radius 1 is 1.13 bits per heavy atom. The quantitative estimate of drug-likeness (QED) is 0.467. The Hall–Kier alpha value is -3.23. The van der Waals surface area contributed by atoms with Gasteiger partial charge in [-0.1, -0.05) is 12.1 Å². The van der Waals surface area contributed by atoms with Crippen molar-refractivity contribution in [2.45, 2.75) is 57.0 Å². The van der Waals surface area contributed by atoms with Gasteiger partial charge in [0.2, 0.25) is 11.9 Å². The van der Waals surface area contributed by atoms with Crippen molar-refractivity contribution in [3.63, 3.8) is 0 Å². The van der Waals surface area contributed by atoms with Gasteiger partial charge in [0, 0.05) is 50.9 Å². The number of aromatic nitrogens is 2. The number of nitro benzene ring substituents is 1. The second kappa shape index (κ2) is 10.7. The molecule has 1 aromatic carbocycles. The maximum atomic E-state index is 12.3. The smallest absolute Gasteiger partial charge is 0.269 e. The Morgan fingerprint density at radius 2 is 1.81 bits per heavy atom. The lowest BCUT2D eigenvalue weighted by molar-refractivity contribution is -0.384. The molecule has 0 unspecified atom stereocenters. The van der Waals surface area contributed by atoms with E-state index < -0.39 is 4.92 Å². The minimum Gasteiger partial charge on any atom is -0.363 e. The minimum atomic E-state index is -0.407. The van der Waals surface area contributed by atoms with Crippen molar-refractivity contribution in [2.75, 3.05) is 24.3 Å². The van der Waals surface area contributed by atoms with Crippen LogP contribution in [0.1, 0.15) is 44.1 Å². The molecule has 2 N–H and O–H groups in total. The van der Waals surface area contributed by atoms with Crippen molar-refractivity contribution in [1.82, 2.24) is 15.3 Å². The summed E-state index contributed by atoms with van der Waals surface area (Å²) in [7, 11) is 3.90. The normalized spacial score (nSPS) is 18.3. The maximum Gasteiger partial charge on any atom is 0.269 e. The van der Waals surface area contributed by atoms with Crippen LogP contribution >= 0.6 is 0 Å². The first kappa shape index (κ1) is 22.5. The number of hydrogen-bond donors (Lipinski definition) is 2. The van der Waals surface area contributed by atoms with E-state index in [9.17, 15) is 14.9 Å². The van der Waals surface area contributed by atoms with Gasteiger partial charge >= 0.3 is 0 Å². The predicted molar refractivity (Wildman–Crippen MR) is 120 cm³/mol. The molecule has 1 aliphatic rings. The van der Waals surface area contributed by atoms with Gasteiger partial charge in [0.15, 0.2) is 0 Å². The van der Waals surface area contributed by atoms with Gasteiger partial charge in [0.05, 0.1) is 4.92 Å². The van der Waals surface area contributed by atoms with Crippen LogP contribution in [0.25, 0.3) is 0 Å². The van der Waals surface area contributed by atoms with Crippen LogP contribution in [0.5, 0.6) is 0 Å². The average Bonchev–Trinajstić information content (AvgIpc) is 2.75. The number of amides is 1. The van der Waals surface area contributed by atoms with Crippen LogP contribution in [0, 0.1) is 10.1 Å². The van der Waals surface area contributed by atoms with Crippen LogP contribution in [0.2, 0.25) is 0 Å². The predicted octanol–water partition coefficient (Wildman–Crippen LogP) is 3.31. The van der Waals surface area contributed by atoms with Gasteiger partial charge in [-0.15, -0.1) is 0 Å². The maximum absolute atomic E-state index is 12.3. The van der Waals surface area contributed by atoms with E-state index in [2.05, 4.69) is 20.6 Å². The van der Waals surface area contributed by atoms with Crippen LogP contribution in [0.15, 0.2) is 36.5 Å². The van der Waals surface area contributed by atoms with Gasteiger partial charge in [-0.25, -0.2) is 4.98 Å². The Morgan fingerprint density at radius 3 is 2.45 bits per heavy atom. The van der Waals surface area contributed by atoms with E-state index in [0.29, 0.717) is 18.4 Å². The van der Waals surface area contributed by atoms with Crippen LogP contribution in [0.4, 0.5) is 17.5 Å². The number of nitrogens with one attached hydrogen (secondary N) is 2. The van der Waals surface area contributed by atoms with E-state index in [-0.39, 0.29) is 17.6 Å². The lowest BCUT2D eigenvalue weighted by Crippen LogP contribution is -2.40. The van der Waals surface area contributed by atoms with E-state index in [0.717, 1.165) is 49.9 Å². The number of anilines is 2. The molecule has 0 radical (unpaired) electrons.